The molecule has 0 aliphatic heterocycles. The van der Waals surface area contributed by atoms with Gasteiger partial charge in [-0.1, -0.05) is 12.1 Å². The number of halogens is 2. The van der Waals surface area contributed by atoms with Crippen molar-refractivity contribution in [1.29, 1.82) is 0 Å². The first-order chi connectivity index (χ1) is 9.98. The third-order valence-electron chi connectivity index (χ3n) is 6.27. The fraction of sp³-hybridized carbons (Fsp3) is 0.667. The minimum absolute atomic E-state index is 0.167. The maximum atomic E-state index is 14.3. The van der Waals surface area contributed by atoms with Crippen LogP contribution >= 0.6 is 0 Å². The molecule has 1 aromatic carbocycles. The first-order valence-electron chi connectivity index (χ1n) is 8.11. The average molecular weight is 292 g/mol. The largest absolute Gasteiger partial charge is 0.388 e. The monoisotopic (exact) mass is 292 g/mol. The molecule has 0 spiro atoms. The van der Waals surface area contributed by atoms with E-state index in [1.54, 1.807) is 19.1 Å². The molecule has 4 fully saturated rings. The molecule has 0 radical (unpaired) electrons. The van der Waals surface area contributed by atoms with Crippen molar-refractivity contribution < 1.29 is 13.9 Å². The summed E-state index contributed by atoms with van der Waals surface area (Å²) in [6.45, 7) is 1.55. The Balaban J connectivity index is 1.72. The highest BCUT2D eigenvalue weighted by molar-refractivity contribution is 5.29. The van der Waals surface area contributed by atoms with Crippen molar-refractivity contribution in [2.24, 2.45) is 23.2 Å². The van der Waals surface area contributed by atoms with Crippen molar-refractivity contribution in [3.63, 3.8) is 0 Å². The van der Waals surface area contributed by atoms with E-state index in [-0.39, 0.29) is 11.0 Å². The van der Waals surface area contributed by atoms with Gasteiger partial charge in [-0.3, -0.25) is 0 Å². The molecule has 0 aromatic heterocycles. The quantitative estimate of drug-likeness (QED) is 0.849. The molecule has 21 heavy (non-hydrogen) atoms. The van der Waals surface area contributed by atoms with E-state index in [9.17, 15) is 13.9 Å². The van der Waals surface area contributed by atoms with Crippen molar-refractivity contribution in [3.8, 4) is 0 Å². The normalized spacial score (nSPS) is 38.8. The lowest BCUT2D eigenvalue weighted by molar-refractivity contribution is -0.123. The van der Waals surface area contributed by atoms with Crippen LogP contribution in [0.15, 0.2) is 12.1 Å². The number of aliphatic hydroxyl groups excluding tert-OH is 1. The molecule has 1 atom stereocenters. The molecule has 0 amide bonds. The van der Waals surface area contributed by atoms with Gasteiger partial charge < -0.3 is 5.11 Å². The highest BCUT2D eigenvalue weighted by Gasteiger charge is 2.54. The van der Waals surface area contributed by atoms with Crippen molar-refractivity contribution in [1.82, 2.24) is 0 Å². The van der Waals surface area contributed by atoms with Gasteiger partial charge in [0.05, 0.1) is 6.10 Å². The zero-order valence-electron chi connectivity index (χ0n) is 12.4. The van der Waals surface area contributed by atoms with Gasteiger partial charge in [-0.2, -0.15) is 0 Å². The van der Waals surface area contributed by atoms with Crippen LogP contribution in [0.2, 0.25) is 0 Å². The van der Waals surface area contributed by atoms with Crippen LogP contribution in [0.25, 0.3) is 0 Å². The zero-order chi connectivity index (χ0) is 14.8. The van der Waals surface area contributed by atoms with Crippen LogP contribution in [0.4, 0.5) is 8.78 Å². The van der Waals surface area contributed by atoms with Crippen molar-refractivity contribution in [3.05, 3.63) is 34.9 Å². The predicted molar refractivity (Wildman–Crippen MR) is 76.7 cm³/mol. The van der Waals surface area contributed by atoms with E-state index in [1.165, 1.54) is 19.3 Å². The van der Waals surface area contributed by atoms with E-state index in [1.807, 2.05) is 0 Å². The molecule has 4 aliphatic carbocycles. The Morgan fingerprint density at radius 1 is 1.00 bits per heavy atom. The smallest absolute Gasteiger partial charge is 0.164 e. The molecule has 4 bridgehead atoms. The third kappa shape index (κ3) is 1.97. The van der Waals surface area contributed by atoms with E-state index in [0.717, 1.165) is 19.3 Å². The topological polar surface area (TPSA) is 20.2 Å². The number of aryl methyl sites for hydroxylation is 1. The fourth-order valence-electron chi connectivity index (χ4n) is 5.71. The van der Waals surface area contributed by atoms with Crippen LogP contribution in [0.1, 0.15) is 55.8 Å². The highest BCUT2D eigenvalue weighted by atomic mass is 19.2. The Morgan fingerprint density at radius 2 is 1.52 bits per heavy atom. The van der Waals surface area contributed by atoms with Gasteiger partial charge in [-0.05, 0) is 68.8 Å². The summed E-state index contributed by atoms with van der Waals surface area (Å²) in [4.78, 5) is 0. The molecule has 5 rings (SSSR count). The van der Waals surface area contributed by atoms with E-state index in [0.29, 0.717) is 23.3 Å². The molecule has 0 saturated heterocycles. The standard InChI is InChI=1S/C18H22F2O/c1-10-2-3-14(16(20)15(10)19)17(21)18-7-11-4-12(8-18)6-13(5-11)9-18/h2-3,11-13,17,21H,4-9H2,1H3. The van der Waals surface area contributed by atoms with Gasteiger partial charge in [-0.25, -0.2) is 8.78 Å². The number of rotatable bonds is 2. The summed E-state index contributed by atoms with van der Waals surface area (Å²) < 4.78 is 28.1. The Morgan fingerprint density at radius 3 is 2.05 bits per heavy atom. The van der Waals surface area contributed by atoms with Gasteiger partial charge in [-0.15, -0.1) is 0 Å². The summed E-state index contributed by atoms with van der Waals surface area (Å²) in [7, 11) is 0. The summed E-state index contributed by atoms with van der Waals surface area (Å²) in [5.41, 5.74) is 0.256. The van der Waals surface area contributed by atoms with Gasteiger partial charge in [0.15, 0.2) is 11.6 Å². The maximum absolute atomic E-state index is 14.3. The molecular weight excluding hydrogens is 270 g/mol. The predicted octanol–water partition coefficient (Wildman–Crippen LogP) is 4.52. The summed E-state index contributed by atoms with van der Waals surface area (Å²) in [5, 5.41) is 10.9. The summed E-state index contributed by atoms with van der Waals surface area (Å²) in [6, 6.07) is 3.16. The van der Waals surface area contributed by atoms with Gasteiger partial charge in [0.1, 0.15) is 0 Å². The van der Waals surface area contributed by atoms with E-state index < -0.39 is 17.7 Å². The lowest BCUT2D eigenvalue weighted by Gasteiger charge is -2.58. The first kappa shape index (κ1) is 13.7. The first-order valence-corrected chi connectivity index (χ1v) is 8.11. The van der Waals surface area contributed by atoms with Gasteiger partial charge in [0.2, 0.25) is 0 Å². The Hall–Kier alpha value is -0.960. The maximum Gasteiger partial charge on any atom is 0.164 e. The molecule has 1 unspecified atom stereocenters. The molecule has 114 valence electrons. The summed E-state index contributed by atoms with van der Waals surface area (Å²) in [6.07, 6.45) is 5.91. The lowest BCUT2D eigenvalue weighted by Crippen LogP contribution is -2.49. The van der Waals surface area contributed by atoms with Crippen LogP contribution in [-0.4, -0.2) is 5.11 Å². The minimum atomic E-state index is -0.860. The Kier molecular flexibility index (Phi) is 2.94. The number of aliphatic hydroxyl groups is 1. The van der Waals surface area contributed by atoms with Gasteiger partial charge in [0, 0.05) is 11.0 Å². The van der Waals surface area contributed by atoms with Crippen molar-refractivity contribution in [2.75, 3.05) is 0 Å². The lowest BCUT2D eigenvalue weighted by atomic mass is 9.47. The van der Waals surface area contributed by atoms with Crippen LogP contribution < -0.4 is 0 Å². The van der Waals surface area contributed by atoms with Crippen LogP contribution in [-0.2, 0) is 0 Å². The summed E-state index contributed by atoms with van der Waals surface area (Å²) in [5.74, 6) is 0.396. The van der Waals surface area contributed by atoms with Gasteiger partial charge in [0.25, 0.3) is 0 Å². The second-order valence-corrected chi connectivity index (χ2v) is 7.78. The zero-order valence-corrected chi connectivity index (χ0v) is 12.4. The minimum Gasteiger partial charge on any atom is -0.388 e. The van der Waals surface area contributed by atoms with Crippen LogP contribution in [0.5, 0.6) is 0 Å². The fourth-order valence-corrected chi connectivity index (χ4v) is 5.71. The third-order valence-corrected chi connectivity index (χ3v) is 6.27. The van der Waals surface area contributed by atoms with E-state index in [2.05, 4.69) is 0 Å². The average Bonchev–Trinajstić information content (AvgIpc) is 2.43. The Bertz CT molecular complexity index is 546. The molecule has 1 nitrogen and oxygen atoms in total. The molecule has 0 heterocycles. The SMILES string of the molecule is Cc1ccc(C(O)C23CC4CC(CC(C4)C2)C3)c(F)c1F. The molecular formula is C18H22F2O. The number of hydrogen-bond acceptors (Lipinski definition) is 1. The highest BCUT2D eigenvalue weighted by Crippen LogP contribution is 2.64. The van der Waals surface area contributed by atoms with Gasteiger partial charge >= 0.3 is 0 Å². The molecule has 3 heteroatoms. The van der Waals surface area contributed by atoms with E-state index in [4.69, 9.17) is 0 Å². The number of hydrogen-bond donors (Lipinski definition) is 1. The molecule has 4 saturated carbocycles. The Labute approximate surface area is 124 Å². The second-order valence-electron chi connectivity index (χ2n) is 7.78. The molecule has 1 aromatic rings. The molecule has 1 N–H and O–H groups in total. The summed E-state index contributed by atoms with van der Waals surface area (Å²) >= 11 is 0. The van der Waals surface area contributed by atoms with Crippen molar-refractivity contribution >= 4 is 0 Å². The van der Waals surface area contributed by atoms with E-state index >= 15 is 0 Å². The second kappa shape index (κ2) is 4.52. The van der Waals surface area contributed by atoms with Crippen LogP contribution in [0, 0.1) is 41.7 Å². The van der Waals surface area contributed by atoms with Crippen molar-refractivity contribution in [2.45, 2.75) is 51.6 Å². The number of benzene rings is 1. The van der Waals surface area contributed by atoms with Crippen LogP contribution in [0.3, 0.4) is 0 Å². The molecule has 4 aliphatic rings.